The number of hydrogen-bond donors (Lipinski definition) is 0. The second kappa shape index (κ2) is 28.4. The van der Waals surface area contributed by atoms with E-state index in [0.29, 0.717) is 63.1 Å². The number of allylic oxidation sites excluding steroid dienone is 6. The summed E-state index contributed by atoms with van der Waals surface area (Å²) in [6, 6.07) is -0.961. The highest BCUT2D eigenvalue weighted by Crippen LogP contribution is 2.40. The van der Waals surface area contributed by atoms with E-state index in [1.807, 2.05) is 66.7 Å². The third kappa shape index (κ3) is 18.8. The molecule has 1 saturated carbocycles. The van der Waals surface area contributed by atoms with Gasteiger partial charge < -0.3 is 33.3 Å². The molecule has 2 saturated heterocycles. The average Bonchev–Trinajstić information content (AvgIpc) is 3.32. The first-order chi connectivity index (χ1) is 34.5. The van der Waals surface area contributed by atoms with Crippen molar-refractivity contribution in [1.82, 2.24) is 4.90 Å². The molecule has 0 unspecified atom stereocenters. The number of ether oxygens (including phenoxy) is 6. The molecule has 2 bridgehead atoms. The quantitative estimate of drug-likeness (QED) is 0.0953. The van der Waals surface area contributed by atoms with E-state index in [4.69, 9.17) is 28.4 Å². The predicted molar refractivity (Wildman–Crippen MR) is 298 cm³/mol. The molecule has 420 valence electrons. The number of nitrogens with zero attached hydrogens (tertiary/aromatic N) is 1. The van der Waals surface area contributed by atoms with Crippen molar-refractivity contribution in [2.45, 2.75) is 241 Å². The summed E-state index contributed by atoms with van der Waals surface area (Å²) < 4.78 is 38.3. The van der Waals surface area contributed by atoms with Gasteiger partial charge in [0.25, 0.3) is 11.7 Å². The van der Waals surface area contributed by atoms with E-state index in [1.54, 1.807) is 14.0 Å². The molecule has 3 heterocycles. The van der Waals surface area contributed by atoms with Crippen LogP contribution in [0.2, 0.25) is 0 Å². The second-order valence-corrected chi connectivity index (χ2v) is 25.5. The molecule has 11 nitrogen and oxygen atoms in total. The zero-order valence-electron chi connectivity index (χ0n) is 49.4. The van der Waals surface area contributed by atoms with Crippen LogP contribution in [0.3, 0.4) is 0 Å². The average molecular weight is 1030 g/mol. The van der Waals surface area contributed by atoms with Crippen molar-refractivity contribution >= 4 is 23.4 Å². The second-order valence-electron chi connectivity index (χ2n) is 25.5. The van der Waals surface area contributed by atoms with Gasteiger partial charge in [-0.05, 0) is 173 Å². The smallest absolute Gasteiger partial charge is 0.329 e. The molecule has 15 atom stereocenters. The summed E-state index contributed by atoms with van der Waals surface area (Å²) in [5, 5.41) is 0. The molecule has 0 spiro atoms. The van der Waals surface area contributed by atoms with E-state index in [0.717, 1.165) is 55.2 Å². The number of ketones is 2. The topological polar surface area (TPSA) is 127 Å². The minimum absolute atomic E-state index is 0.0197. The van der Waals surface area contributed by atoms with Crippen molar-refractivity contribution in [2.75, 3.05) is 26.9 Å². The standard InChI is InChI=1S/C63H103NO10/c1-40-24-20-19-21-25-41(2)55(69-18)38-51-29-27-47(8)63(17,73-51)58(66)59(67)64-31-23-22-26-52(64)60(68)72-56(45(6)37-50-28-30-54(44(5)36-50)70-32-33-71-61(11,12)13)39-53(65)43(4)35-46(7)57(74-62(14,15)16)49(10)48(9)42(3)34-40/h19-21,24-25,35,40,42-45,47,49-52,54-57H,9,22-23,26-34,36-39H2,1-8,10-18H3/b21-19+,24-20+,41-25+,46-35+/t40-,42-,43-,44-,45-,47-,49+,50-,51+,52+,54-,55+,56+,57-,63-/m1/s1. The largest absolute Gasteiger partial charge is 0.460 e. The van der Waals surface area contributed by atoms with E-state index in [2.05, 4.69) is 80.2 Å². The highest BCUT2D eigenvalue weighted by molar-refractivity contribution is 6.39. The van der Waals surface area contributed by atoms with Crippen LogP contribution < -0.4 is 0 Å². The molecule has 3 aliphatic heterocycles. The van der Waals surface area contributed by atoms with Crippen molar-refractivity contribution in [3.8, 4) is 0 Å². The van der Waals surface area contributed by atoms with Crippen LogP contribution in [0.1, 0.15) is 188 Å². The first kappa shape index (κ1) is 63.3. The molecule has 74 heavy (non-hydrogen) atoms. The van der Waals surface area contributed by atoms with Crippen molar-refractivity contribution in [3.63, 3.8) is 0 Å². The number of amides is 1. The molecule has 0 radical (unpaired) electrons. The van der Waals surface area contributed by atoms with Gasteiger partial charge in [0.2, 0.25) is 0 Å². The maximum atomic E-state index is 14.7. The first-order valence-electron chi connectivity index (χ1n) is 28.7. The third-order valence-corrected chi connectivity index (χ3v) is 16.8. The number of piperidine rings is 1. The fourth-order valence-electron chi connectivity index (χ4n) is 11.9. The number of hydrogen-bond acceptors (Lipinski definition) is 10. The Balaban J connectivity index is 1.70. The van der Waals surface area contributed by atoms with E-state index in [-0.39, 0.29) is 72.4 Å². The Kier molecular flexibility index (Phi) is 24.3. The normalized spacial score (nSPS) is 37.4. The van der Waals surface area contributed by atoms with Crippen LogP contribution in [0.5, 0.6) is 0 Å². The summed E-state index contributed by atoms with van der Waals surface area (Å²) in [4.78, 5) is 60.1. The number of cyclic esters (lactones) is 1. The third-order valence-electron chi connectivity index (χ3n) is 16.8. The predicted octanol–water partition coefficient (Wildman–Crippen LogP) is 13.1. The van der Waals surface area contributed by atoms with Gasteiger partial charge >= 0.3 is 5.97 Å². The SMILES string of the molecule is C=C1[C@H](C)C[C@H](C)/C=C/C=C/C=C(\C)[C@@H](OC)C[C@@H]2CC[C@@H](C)[C@@](C)(O2)C(=O)C(=O)N2CCCC[C@H]2C(=O)O[C@H]([C@H](C)C[C@@H]2CC[C@@H](OCCOC(C)(C)C)[C@H](C)C2)CC(=O)[C@H](C)/C=C(\C)[C@@H](OC(C)(C)C)[C@H]1C. The molecule has 0 aromatic heterocycles. The molecule has 11 heteroatoms. The molecule has 0 aromatic carbocycles. The Morgan fingerprint density at radius 2 is 1.54 bits per heavy atom. The Morgan fingerprint density at radius 3 is 2.19 bits per heavy atom. The van der Waals surface area contributed by atoms with Gasteiger partial charge in [-0.15, -0.1) is 0 Å². The van der Waals surface area contributed by atoms with Crippen LogP contribution in [0.4, 0.5) is 0 Å². The van der Waals surface area contributed by atoms with Crippen LogP contribution in [0.15, 0.2) is 59.8 Å². The van der Waals surface area contributed by atoms with Gasteiger partial charge in [0, 0.05) is 38.3 Å². The lowest BCUT2D eigenvalue weighted by Gasteiger charge is -2.44. The van der Waals surface area contributed by atoms with Gasteiger partial charge in [-0.3, -0.25) is 14.4 Å². The zero-order chi connectivity index (χ0) is 55.3. The highest BCUT2D eigenvalue weighted by Gasteiger charge is 2.51. The molecule has 1 aliphatic carbocycles. The number of Topliss-reactive ketones (excluding diaryl/α,β-unsaturated/α-hetero) is 2. The molecule has 3 fully saturated rings. The van der Waals surface area contributed by atoms with Crippen LogP contribution >= 0.6 is 0 Å². The Hall–Kier alpha value is -3.22. The van der Waals surface area contributed by atoms with E-state index < -0.39 is 46.9 Å². The van der Waals surface area contributed by atoms with E-state index in [1.165, 1.54) is 4.90 Å². The van der Waals surface area contributed by atoms with Crippen LogP contribution in [0, 0.1) is 47.3 Å². The lowest BCUT2D eigenvalue weighted by Crippen LogP contribution is -2.59. The number of fused-ring (bicyclic) bond motifs is 3. The number of rotatable bonds is 9. The van der Waals surface area contributed by atoms with Crippen molar-refractivity contribution in [3.05, 3.63) is 59.8 Å². The Labute approximate surface area is 449 Å². The fraction of sp³-hybridized carbons (Fsp3) is 0.778. The maximum absolute atomic E-state index is 14.7. The minimum atomic E-state index is -1.39. The number of esters is 1. The Bertz CT molecular complexity index is 1990. The van der Waals surface area contributed by atoms with Gasteiger partial charge in [-0.25, -0.2) is 4.79 Å². The number of carbonyl (C=O) groups is 4. The summed E-state index contributed by atoms with van der Waals surface area (Å²) in [5.74, 6) is -1.70. The summed E-state index contributed by atoms with van der Waals surface area (Å²) in [6.07, 6.45) is 19.2. The summed E-state index contributed by atoms with van der Waals surface area (Å²) in [6.45, 7) is 39.0. The zero-order valence-corrected chi connectivity index (χ0v) is 49.4. The van der Waals surface area contributed by atoms with Crippen molar-refractivity contribution in [1.29, 1.82) is 0 Å². The van der Waals surface area contributed by atoms with Gasteiger partial charge in [0.15, 0.2) is 0 Å². The lowest BCUT2D eigenvalue weighted by atomic mass is 9.75. The summed E-state index contributed by atoms with van der Waals surface area (Å²) in [7, 11) is 1.69. The minimum Gasteiger partial charge on any atom is -0.460 e. The monoisotopic (exact) mass is 1030 g/mol. The van der Waals surface area contributed by atoms with Crippen molar-refractivity contribution in [2.24, 2.45) is 47.3 Å². The highest BCUT2D eigenvalue weighted by atomic mass is 16.6. The number of carbonyl (C=O) groups excluding carboxylic acids is 4. The maximum Gasteiger partial charge on any atom is 0.329 e. The van der Waals surface area contributed by atoms with Gasteiger partial charge in [0.05, 0.1) is 48.8 Å². The Morgan fingerprint density at radius 1 is 0.838 bits per heavy atom. The first-order valence-corrected chi connectivity index (χ1v) is 28.7. The van der Waals surface area contributed by atoms with Gasteiger partial charge in [-0.2, -0.15) is 0 Å². The molecule has 0 aromatic rings. The summed E-state index contributed by atoms with van der Waals surface area (Å²) >= 11 is 0. The van der Waals surface area contributed by atoms with Gasteiger partial charge in [-0.1, -0.05) is 97.1 Å². The van der Waals surface area contributed by atoms with Crippen LogP contribution in [-0.4, -0.2) is 109 Å². The van der Waals surface area contributed by atoms with Crippen LogP contribution in [0.25, 0.3) is 0 Å². The number of methoxy groups -OCH3 is 1. The van der Waals surface area contributed by atoms with Gasteiger partial charge in [0.1, 0.15) is 23.5 Å². The molecule has 0 N–H and O–H groups in total. The molecule has 4 aliphatic rings. The molecule has 1 amide bonds. The molecular formula is C63H103NO10. The summed E-state index contributed by atoms with van der Waals surface area (Å²) in [5.41, 5.74) is 1.02. The van der Waals surface area contributed by atoms with Crippen molar-refractivity contribution < 1.29 is 47.6 Å². The lowest BCUT2D eigenvalue weighted by molar-refractivity contribution is -0.184. The van der Waals surface area contributed by atoms with E-state index >= 15 is 0 Å². The van der Waals surface area contributed by atoms with Crippen LogP contribution in [-0.2, 0) is 47.6 Å². The fourth-order valence-corrected chi connectivity index (χ4v) is 11.9. The molecule has 4 rings (SSSR count). The molecular weight excluding hydrogens is 931 g/mol. The van der Waals surface area contributed by atoms with E-state index in [9.17, 15) is 19.2 Å².